The van der Waals surface area contributed by atoms with E-state index in [1.165, 1.54) is 6.07 Å². The molecule has 24 heavy (non-hydrogen) atoms. The van der Waals surface area contributed by atoms with Crippen molar-refractivity contribution in [2.75, 3.05) is 26.0 Å². The largest absolute Gasteiger partial charge is 0.423 e. The average Bonchev–Trinajstić information content (AvgIpc) is 3.00. The average molecular weight is 359 g/mol. The van der Waals surface area contributed by atoms with Crippen LogP contribution in [0.15, 0.2) is 35.7 Å². The molecule has 0 fully saturated rings. The molecule has 0 spiro atoms. The van der Waals surface area contributed by atoms with Crippen LogP contribution in [0.25, 0.3) is 0 Å². The van der Waals surface area contributed by atoms with Crippen LogP contribution in [-0.2, 0) is 6.18 Å². The van der Waals surface area contributed by atoms with E-state index in [9.17, 15) is 23.3 Å². The molecule has 1 atom stereocenters. The Balaban J connectivity index is 2.22. The molecule has 0 bridgehead atoms. The predicted octanol–water partition coefficient (Wildman–Crippen LogP) is 4.39. The first-order valence-electron chi connectivity index (χ1n) is 6.99. The number of alkyl halides is 3. The molecular weight excluding hydrogens is 343 g/mol. The zero-order chi connectivity index (χ0) is 17.9. The molecule has 0 saturated heterocycles. The Bertz CT molecular complexity index is 702. The van der Waals surface area contributed by atoms with Gasteiger partial charge >= 0.3 is 6.18 Å². The van der Waals surface area contributed by atoms with Crippen LogP contribution >= 0.6 is 11.3 Å². The number of thiophene rings is 1. The molecule has 9 heteroatoms. The number of benzene rings is 1. The maximum Gasteiger partial charge on any atom is 0.423 e. The Hall–Kier alpha value is -2.13. The van der Waals surface area contributed by atoms with Crippen molar-refractivity contribution >= 4 is 22.7 Å². The van der Waals surface area contributed by atoms with Gasteiger partial charge in [0, 0.05) is 23.2 Å². The Kier molecular flexibility index (Phi) is 5.45. The summed E-state index contributed by atoms with van der Waals surface area (Å²) in [6.07, 6.45) is -4.78. The summed E-state index contributed by atoms with van der Waals surface area (Å²) in [5.41, 5.74) is -2.01. The van der Waals surface area contributed by atoms with E-state index in [1.54, 1.807) is 11.3 Å². The van der Waals surface area contributed by atoms with Crippen molar-refractivity contribution in [2.45, 2.75) is 12.2 Å². The summed E-state index contributed by atoms with van der Waals surface area (Å²) >= 11 is 1.56. The summed E-state index contributed by atoms with van der Waals surface area (Å²) in [7, 11) is 3.76. The normalized spacial score (nSPS) is 13.1. The van der Waals surface area contributed by atoms with E-state index in [2.05, 4.69) is 5.32 Å². The summed E-state index contributed by atoms with van der Waals surface area (Å²) < 4.78 is 39.0. The molecule has 0 amide bonds. The minimum absolute atomic E-state index is 0.0190. The van der Waals surface area contributed by atoms with Crippen LogP contribution in [-0.4, -0.2) is 30.5 Å². The predicted molar refractivity (Wildman–Crippen MR) is 87.3 cm³/mol. The van der Waals surface area contributed by atoms with Crippen molar-refractivity contribution in [1.29, 1.82) is 0 Å². The van der Waals surface area contributed by atoms with Gasteiger partial charge in [-0.1, -0.05) is 6.07 Å². The van der Waals surface area contributed by atoms with Crippen LogP contribution in [0.3, 0.4) is 0 Å². The zero-order valence-electron chi connectivity index (χ0n) is 13.0. The molecule has 0 aliphatic carbocycles. The Morgan fingerprint density at radius 1 is 1.33 bits per heavy atom. The standard InChI is InChI=1S/C15H16F3N3O2S/c1-20(2)13(14-4-3-7-24-14)9-19-10-5-6-12(21(22)23)11(8-10)15(16,17)18/h3-8,13,19H,9H2,1-2H3. The van der Waals surface area contributed by atoms with E-state index in [4.69, 9.17) is 0 Å². The highest BCUT2D eigenvalue weighted by Gasteiger charge is 2.38. The highest BCUT2D eigenvalue weighted by Crippen LogP contribution is 2.37. The second-order valence-electron chi connectivity index (χ2n) is 5.36. The zero-order valence-corrected chi connectivity index (χ0v) is 13.8. The third-order valence-corrected chi connectivity index (χ3v) is 4.47. The molecule has 0 aliphatic heterocycles. The highest BCUT2D eigenvalue weighted by atomic mass is 32.1. The van der Waals surface area contributed by atoms with E-state index in [0.29, 0.717) is 6.54 Å². The molecule has 1 heterocycles. The summed E-state index contributed by atoms with van der Waals surface area (Å²) in [4.78, 5) is 12.8. The number of anilines is 1. The Morgan fingerprint density at radius 3 is 2.54 bits per heavy atom. The fourth-order valence-electron chi connectivity index (χ4n) is 2.27. The molecule has 5 nitrogen and oxygen atoms in total. The molecule has 0 aliphatic rings. The van der Waals surface area contributed by atoms with Crippen LogP contribution in [0.4, 0.5) is 24.5 Å². The molecule has 130 valence electrons. The second kappa shape index (κ2) is 7.18. The van der Waals surface area contributed by atoms with Crippen LogP contribution in [0, 0.1) is 10.1 Å². The lowest BCUT2D eigenvalue weighted by atomic mass is 10.1. The number of likely N-dealkylation sites (N-methyl/N-ethyl adjacent to an activating group) is 1. The van der Waals surface area contributed by atoms with Gasteiger partial charge in [0.2, 0.25) is 0 Å². The monoisotopic (exact) mass is 359 g/mol. The van der Waals surface area contributed by atoms with Crippen molar-refractivity contribution in [3.63, 3.8) is 0 Å². The fraction of sp³-hybridized carbons (Fsp3) is 0.333. The van der Waals surface area contributed by atoms with Gasteiger partial charge in [-0.3, -0.25) is 10.1 Å². The van der Waals surface area contributed by atoms with Gasteiger partial charge in [-0.15, -0.1) is 11.3 Å². The lowest BCUT2D eigenvalue weighted by molar-refractivity contribution is -0.388. The van der Waals surface area contributed by atoms with E-state index < -0.39 is 22.4 Å². The van der Waals surface area contributed by atoms with Crippen molar-refractivity contribution in [3.8, 4) is 0 Å². The topological polar surface area (TPSA) is 58.4 Å². The van der Waals surface area contributed by atoms with Gasteiger partial charge in [0.25, 0.3) is 5.69 Å². The quantitative estimate of drug-likeness (QED) is 0.614. The van der Waals surface area contributed by atoms with Crippen molar-refractivity contribution in [3.05, 3.63) is 56.3 Å². The van der Waals surface area contributed by atoms with E-state index in [0.717, 1.165) is 17.0 Å². The van der Waals surface area contributed by atoms with Crippen molar-refractivity contribution < 1.29 is 18.1 Å². The number of rotatable bonds is 6. The summed E-state index contributed by atoms with van der Waals surface area (Å²) in [6, 6.07) is 6.78. The third-order valence-electron chi connectivity index (χ3n) is 3.49. The van der Waals surface area contributed by atoms with Gasteiger partial charge in [-0.25, -0.2) is 0 Å². The van der Waals surface area contributed by atoms with Gasteiger partial charge in [-0.05, 0) is 37.7 Å². The first-order valence-corrected chi connectivity index (χ1v) is 7.87. The number of hydrogen-bond acceptors (Lipinski definition) is 5. The minimum atomic E-state index is -4.78. The van der Waals surface area contributed by atoms with Gasteiger partial charge in [0.05, 0.1) is 11.0 Å². The number of halogens is 3. The first kappa shape index (κ1) is 18.2. The SMILES string of the molecule is CN(C)C(CNc1ccc([N+](=O)[O-])c(C(F)(F)F)c1)c1cccs1. The molecule has 1 N–H and O–H groups in total. The molecule has 1 aromatic heterocycles. The smallest absolute Gasteiger partial charge is 0.383 e. The molecule has 0 radical (unpaired) electrons. The number of nitrogens with zero attached hydrogens (tertiary/aromatic N) is 2. The van der Waals surface area contributed by atoms with Crippen LogP contribution in [0.2, 0.25) is 0 Å². The minimum Gasteiger partial charge on any atom is -0.383 e. The number of hydrogen-bond donors (Lipinski definition) is 1. The Morgan fingerprint density at radius 2 is 2.04 bits per heavy atom. The van der Waals surface area contributed by atoms with Crippen molar-refractivity contribution in [1.82, 2.24) is 4.90 Å². The summed E-state index contributed by atoms with van der Waals surface area (Å²) in [5, 5.41) is 15.6. The van der Waals surface area contributed by atoms with E-state index >= 15 is 0 Å². The van der Waals surface area contributed by atoms with E-state index in [-0.39, 0.29) is 11.7 Å². The van der Waals surface area contributed by atoms with Gasteiger partial charge in [0.1, 0.15) is 5.56 Å². The highest BCUT2D eigenvalue weighted by molar-refractivity contribution is 7.10. The second-order valence-corrected chi connectivity index (χ2v) is 6.34. The summed E-state index contributed by atoms with van der Waals surface area (Å²) in [6.45, 7) is 0.378. The van der Waals surface area contributed by atoms with Crippen LogP contribution in [0.1, 0.15) is 16.5 Å². The maximum absolute atomic E-state index is 13.0. The van der Waals surface area contributed by atoms with E-state index in [1.807, 2.05) is 36.5 Å². The molecule has 0 saturated carbocycles. The summed E-state index contributed by atoms with van der Waals surface area (Å²) in [5.74, 6) is 0. The number of nitrogens with one attached hydrogen (secondary N) is 1. The number of nitro groups is 1. The number of nitro benzene ring substituents is 1. The first-order chi connectivity index (χ1) is 11.2. The van der Waals surface area contributed by atoms with Gasteiger partial charge < -0.3 is 10.2 Å². The lowest BCUT2D eigenvalue weighted by Gasteiger charge is -2.24. The molecule has 1 unspecified atom stereocenters. The van der Waals surface area contributed by atoms with Gasteiger partial charge in [0.15, 0.2) is 0 Å². The molecular formula is C15H16F3N3O2S. The van der Waals surface area contributed by atoms with Crippen LogP contribution in [0.5, 0.6) is 0 Å². The van der Waals surface area contributed by atoms with Crippen molar-refractivity contribution in [2.24, 2.45) is 0 Å². The fourth-order valence-corrected chi connectivity index (χ4v) is 3.19. The molecule has 2 aromatic rings. The third kappa shape index (κ3) is 4.24. The lowest BCUT2D eigenvalue weighted by Crippen LogP contribution is -2.26. The Labute approximate surface area is 140 Å². The van der Waals surface area contributed by atoms with Gasteiger partial charge in [-0.2, -0.15) is 13.2 Å². The maximum atomic E-state index is 13.0. The van der Waals surface area contributed by atoms with Crippen LogP contribution < -0.4 is 5.32 Å². The molecule has 1 aromatic carbocycles. The molecule has 2 rings (SSSR count).